The maximum Gasteiger partial charge on any atom is 0.364 e. The predicted octanol–water partition coefficient (Wildman–Crippen LogP) is 3.71. The molecule has 0 aromatic heterocycles. The van der Waals surface area contributed by atoms with Gasteiger partial charge >= 0.3 is 7.60 Å². The molecule has 0 rings (SSSR count). The lowest BCUT2D eigenvalue weighted by Gasteiger charge is -2.17. The molecule has 4 nitrogen and oxygen atoms in total. The van der Waals surface area contributed by atoms with Crippen LogP contribution in [0.2, 0.25) is 0 Å². The number of allylic oxidation sites excluding steroid dienone is 3. The van der Waals surface area contributed by atoms with Crippen LogP contribution < -0.4 is 0 Å². The highest BCUT2D eigenvalue weighted by Gasteiger charge is 2.28. The van der Waals surface area contributed by atoms with Gasteiger partial charge in [0.15, 0.2) is 0 Å². The number of ether oxygens (including phenoxy) is 1. The van der Waals surface area contributed by atoms with E-state index in [9.17, 15) is 4.57 Å². The van der Waals surface area contributed by atoms with Gasteiger partial charge in [0.1, 0.15) is 0 Å². The molecule has 16 heavy (non-hydrogen) atoms. The zero-order valence-corrected chi connectivity index (χ0v) is 11.5. The van der Waals surface area contributed by atoms with E-state index in [-0.39, 0.29) is 0 Å². The van der Waals surface area contributed by atoms with Crippen molar-refractivity contribution in [1.29, 1.82) is 0 Å². The third-order valence-electron chi connectivity index (χ3n) is 1.59. The van der Waals surface area contributed by atoms with Gasteiger partial charge in [-0.2, -0.15) is 0 Å². The summed E-state index contributed by atoms with van der Waals surface area (Å²) in [6.07, 6.45) is 3.15. The Morgan fingerprint density at radius 2 is 1.69 bits per heavy atom. The fourth-order valence-electron chi connectivity index (χ4n) is 1.12. The first kappa shape index (κ1) is 15.4. The second-order valence-corrected chi connectivity index (χ2v) is 5.36. The topological polar surface area (TPSA) is 44.8 Å². The lowest BCUT2D eigenvalue weighted by atomic mass is 10.3. The smallest absolute Gasteiger partial charge is 0.364 e. The molecule has 0 heterocycles. The third-order valence-corrected chi connectivity index (χ3v) is 3.65. The van der Waals surface area contributed by atoms with E-state index in [1.165, 1.54) is 13.4 Å². The molecule has 5 heteroatoms. The number of hydrogen-bond donors (Lipinski definition) is 0. The van der Waals surface area contributed by atoms with Crippen LogP contribution >= 0.6 is 7.60 Å². The Morgan fingerprint density at radius 1 is 1.19 bits per heavy atom. The van der Waals surface area contributed by atoms with E-state index in [1.54, 1.807) is 19.9 Å². The quantitative estimate of drug-likeness (QED) is 0.391. The first-order chi connectivity index (χ1) is 7.50. The van der Waals surface area contributed by atoms with Gasteiger partial charge in [0.2, 0.25) is 0 Å². The standard InChI is InChI=1S/C11H21O4P/c1-6-14-16(12,15-7-2)11(9-13-5)8-10(3)4/h8-9H,6-7H2,1-5H3/b11-9-. The summed E-state index contributed by atoms with van der Waals surface area (Å²) >= 11 is 0. The summed E-state index contributed by atoms with van der Waals surface area (Å²) in [5.41, 5.74) is 1.00. The Balaban J connectivity index is 5.19. The maximum absolute atomic E-state index is 12.4. The monoisotopic (exact) mass is 248 g/mol. The molecule has 0 aromatic carbocycles. The second-order valence-electron chi connectivity index (χ2n) is 3.33. The summed E-state index contributed by atoms with van der Waals surface area (Å²) in [5.74, 6) is 0. The molecule has 94 valence electrons. The molecule has 0 atom stereocenters. The van der Waals surface area contributed by atoms with Gasteiger partial charge < -0.3 is 13.8 Å². The molecule has 0 spiro atoms. The van der Waals surface area contributed by atoms with E-state index in [1.807, 2.05) is 13.8 Å². The van der Waals surface area contributed by atoms with E-state index in [4.69, 9.17) is 13.8 Å². The zero-order valence-electron chi connectivity index (χ0n) is 10.6. The minimum absolute atomic E-state index is 0.328. The van der Waals surface area contributed by atoms with Crippen LogP contribution in [0.25, 0.3) is 0 Å². The van der Waals surface area contributed by atoms with Crippen molar-refractivity contribution in [3.05, 3.63) is 23.2 Å². The minimum atomic E-state index is -3.24. The Hall–Kier alpha value is -0.570. The normalized spacial score (nSPS) is 12.4. The van der Waals surface area contributed by atoms with Crippen LogP contribution in [-0.4, -0.2) is 20.3 Å². The highest BCUT2D eigenvalue weighted by molar-refractivity contribution is 7.58. The van der Waals surface area contributed by atoms with Gasteiger partial charge in [-0.15, -0.1) is 0 Å². The van der Waals surface area contributed by atoms with E-state index in [2.05, 4.69) is 0 Å². The highest BCUT2D eigenvalue weighted by atomic mass is 31.2. The Kier molecular flexibility index (Phi) is 7.39. The average Bonchev–Trinajstić information content (AvgIpc) is 2.17. The highest BCUT2D eigenvalue weighted by Crippen LogP contribution is 2.56. The van der Waals surface area contributed by atoms with Crippen molar-refractivity contribution in [3.8, 4) is 0 Å². The van der Waals surface area contributed by atoms with Crippen molar-refractivity contribution in [2.75, 3.05) is 20.3 Å². The molecule has 0 radical (unpaired) electrons. The molecule has 0 saturated carbocycles. The van der Waals surface area contributed by atoms with Crippen LogP contribution in [0.5, 0.6) is 0 Å². The van der Waals surface area contributed by atoms with Crippen molar-refractivity contribution in [3.63, 3.8) is 0 Å². The van der Waals surface area contributed by atoms with Crippen LogP contribution in [0.1, 0.15) is 27.7 Å². The summed E-state index contributed by atoms with van der Waals surface area (Å²) in [6.45, 7) is 8.03. The first-order valence-corrected chi connectivity index (χ1v) is 6.82. The van der Waals surface area contributed by atoms with Gasteiger partial charge in [-0.1, -0.05) is 5.57 Å². The molecule has 0 bridgehead atoms. The molecule has 0 aromatic rings. The molecular weight excluding hydrogens is 227 g/mol. The minimum Gasteiger partial charge on any atom is -0.503 e. The SMILES string of the molecule is CCOP(=O)(OCC)/C(C=C(C)C)=C\OC. The Labute approximate surface area is 97.8 Å². The summed E-state index contributed by atoms with van der Waals surface area (Å²) < 4.78 is 27.8. The summed E-state index contributed by atoms with van der Waals surface area (Å²) in [5, 5.41) is 0.443. The fourth-order valence-corrected chi connectivity index (χ4v) is 2.82. The molecule has 0 N–H and O–H groups in total. The molecule has 0 unspecified atom stereocenters. The Bertz CT molecular complexity index is 293. The van der Waals surface area contributed by atoms with Crippen LogP contribution in [0.15, 0.2) is 23.2 Å². The molecule has 0 amide bonds. The maximum atomic E-state index is 12.4. The van der Waals surface area contributed by atoms with Crippen molar-refractivity contribution in [2.24, 2.45) is 0 Å². The van der Waals surface area contributed by atoms with Gasteiger partial charge in [-0.3, -0.25) is 4.57 Å². The van der Waals surface area contributed by atoms with E-state index >= 15 is 0 Å². The summed E-state index contributed by atoms with van der Waals surface area (Å²) in [6, 6.07) is 0. The lowest BCUT2D eigenvalue weighted by molar-refractivity contribution is 0.225. The van der Waals surface area contributed by atoms with Crippen molar-refractivity contribution in [2.45, 2.75) is 27.7 Å². The molecule has 0 aliphatic carbocycles. The predicted molar refractivity (Wildman–Crippen MR) is 65.4 cm³/mol. The number of methoxy groups -OCH3 is 1. The van der Waals surface area contributed by atoms with Crippen molar-refractivity contribution >= 4 is 7.60 Å². The van der Waals surface area contributed by atoms with E-state index in [0.717, 1.165) is 5.57 Å². The Morgan fingerprint density at radius 3 is 2.00 bits per heavy atom. The molecule has 0 aliphatic rings. The summed E-state index contributed by atoms with van der Waals surface area (Å²) in [4.78, 5) is 0. The fraction of sp³-hybridized carbons (Fsp3) is 0.636. The van der Waals surface area contributed by atoms with Gasteiger partial charge in [-0.05, 0) is 33.8 Å². The largest absolute Gasteiger partial charge is 0.503 e. The zero-order chi connectivity index (χ0) is 12.6. The van der Waals surface area contributed by atoms with Gasteiger partial charge in [0.25, 0.3) is 0 Å². The van der Waals surface area contributed by atoms with Crippen LogP contribution in [0.3, 0.4) is 0 Å². The molecule has 0 saturated heterocycles. The molecular formula is C11H21O4P. The van der Waals surface area contributed by atoms with Gasteiger partial charge in [-0.25, -0.2) is 0 Å². The summed E-state index contributed by atoms with van der Waals surface area (Å²) in [7, 11) is -1.74. The molecule has 0 fully saturated rings. The van der Waals surface area contributed by atoms with Crippen LogP contribution in [0, 0.1) is 0 Å². The molecule has 0 aliphatic heterocycles. The van der Waals surface area contributed by atoms with E-state index in [0.29, 0.717) is 18.5 Å². The second kappa shape index (κ2) is 7.66. The lowest BCUT2D eigenvalue weighted by Crippen LogP contribution is -1.98. The number of hydrogen-bond acceptors (Lipinski definition) is 4. The first-order valence-electron chi connectivity index (χ1n) is 5.27. The number of rotatable bonds is 7. The van der Waals surface area contributed by atoms with Crippen molar-refractivity contribution in [1.82, 2.24) is 0 Å². The van der Waals surface area contributed by atoms with Crippen LogP contribution in [-0.2, 0) is 18.3 Å². The van der Waals surface area contributed by atoms with Gasteiger partial charge in [0, 0.05) is 0 Å². The van der Waals surface area contributed by atoms with Gasteiger partial charge in [0.05, 0.1) is 31.9 Å². The van der Waals surface area contributed by atoms with Crippen molar-refractivity contribution < 1.29 is 18.3 Å². The third kappa shape index (κ3) is 4.97. The van der Waals surface area contributed by atoms with E-state index < -0.39 is 7.60 Å². The van der Waals surface area contributed by atoms with Crippen LogP contribution in [0.4, 0.5) is 0 Å². The average molecular weight is 248 g/mol.